The van der Waals surface area contributed by atoms with Gasteiger partial charge in [-0.25, -0.2) is 4.79 Å². The van der Waals surface area contributed by atoms with Gasteiger partial charge in [-0.3, -0.25) is 4.79 Å². The number of nitrogens with one attached hydrogen (secondary N) is 1. The first-order valence-corrected chi connectivity index (χ1v) is 13.2. The monoisotopic (exact) mass is 501 g/mol. The molecule has 2 aromatic rings. The van der Waals surface area contributed by atoms with E-state index in [0.717, 1.165) is 59.7 Å². The summed E-state index contributed by atoms with van der Waals surface area (Å²) >= 11 is 0. The zero-order valence-electron chi connectivity index (χ0n) is 21.8. The largest absolute Gasteiger partial charge is 0.497 e. The topological polar surface area (TPSA) is 73.9 Å². The van der Waals surface area contributed by atoms with Crippen LogP contribution in [0.4, 0.5) is 0 Å². The number of benzene rings is 2. The molecule has 0 radical (unpaired) electrons. The van der Waals surface area contributed by atoms with Crippen LogP contribution in [0.2, 0.25) is 0 Å². The number of methoxy groups -OCH3 is 2. The van der Waals surface area contributed by atoms with Gasteiger partial charge < -0.3 is 19.5 Å². The number of allylic oxidation sites excluding steroid dienone is 3. The van der Waals surface area contributed by atoms with Gasteiger partial charge in [-0.2, -0.15) is 0 Å². The van der Waals surface area contributed by atoms with E-state index in [0.29, 0.717) is 12.0 Å². The van der Waals surface area contributed by atoms with Crippen molar-refractivity contribution in [3.05, 3.63) is 82.7 Å². The highest BCUT2D eigenvalue weighted by molar-refractivity contribution is 5.96. The van der Waals surface area contributed by atoms with Gasteiger partial charge in [-0.05, 0) is 68.0 Å². The summed E-state index contributed by atoms with van der Waals surface area (Å²) in [7, 11) is 3.27. The molecule has 1 heterocycles. The Balaban J connectivity index is 1.53. The molecule has 0 spiro atoms. The highest BCUT2D eigenvalue weighted by Gasteiger charge is 2.45. The predicted molar refractivity (Wildman–Crippen MR) is 141 cm³/mol. The Morgan fingerprint density at radius 1 is 0.838 bits per heavy atom. The van der Waals surface area contributed by atoms with Gasteiger partial charge >= 0.3 is 5.97 Å². The molecule has 3 atom stereocenters. The number of esters is 1. The normalized spacial score (nSPS) is 24.0. The van der Waals surface area contributed by atoms with E-state index < -0.39 is 11.8 Å². The molecular formula is C31H35NO5. The first-order chi connectivity index (χ1) is 18.0. The minimum absolute atomic E-state index is 0.0442. The summed E-state index contributed by atoms with van der Waals surface area (Å²) in [5, 5.41) is 3.43. The second-order valence-corrected chi connectivity index (χ2v) is 10.2. The van der Waals surface area contributed by atoms with Crippen LogP contribution in [-0.2, 0) is 14.3 Å². The maximum atomic E-state index is 13.8. The number of hydrogen-bond donors (Lipinski definition) is 1. The van der Waals surface area contributed by atoms with Crippen molar-refractivity contribution >= 4 is 11.8 Å². The molecule has 3 aliphatic rings. The van der Waals surface area contributed by atoms with Crippen molar-refractivity contribution in [3.8, 4) is 11.5 Å². The van der Waals surface area contributed by atoms with Crippen molar-refractivity contribution in [1.29, 1.82) is 0 Å². The molecule has 1 aliphatic heterocycles. The Morgan fingerprint density at radius 3 is 2.03 bits per heavy atom. The quantitative estimate of drug-likeness (QED) is 0.505. The summed E-state index contributed by atoms with van der Waals surface area (Å²) in [6, 6.07) is 15.5. The summed E-state index contributed by atoms with van der Waals surface area (Å²) in [4.78, 5) is 27.4. The maximum absolute atomic E-state index is 13.8. The zero-order chi connectivity index (χ0) is 25.9. The van der Waals surface area contributed by atoms with E-state index in [1.807, 2.05) is 55.5 Å². The van der Waals surface area contributed by atoms with Crippen molar-refractivity contribution in [2.24, 2.45) is 5.92 Å². The lowest BCUT2D eigenvalue weighted by Crippen LogP contribution is -2.42. The molecule has 1 fully saturated rings. The van der Waals surface area contributed by atoms with E-state index >= 15 is 0 Å². The zero-order valence-corrected chi connectivity index (χ0v) is 21.8. The van der Waals surface area contributed by atoms with Crippen LogP contribution in [0.25, 0.3) is 0 Å². The van der Waals surface area contributed by atoms with Crippen molar-refractivity contribution in [3.63, 3.8) is 0 Å². The smallest absolute Gasteiger partial charge is 0.336 e. The molecule has 3 unspecified atom stereocenters. The van der Waals surface area contributed by atoms with Gasteiger partial charge in [0.25, 0.3) is 0 Å². The highest BCUT2D eigenvalue weighted by atomic mass is 16.5. The molecule has 194 valence electrons. The van der Waals surface area contributed by atoms with Gasteiger partial charge in [-0.1, -0.05) is 36.8 Å². The number of carbonyl (C=O) groups excluding carboxylic acids is 2. The summed E-state index contributed by atoms with van der Waals surface area (Å²) in [6.45, 7) is 1.91. The number of Topliss-reactive ketones (excluding diaryl/α,β-unsaturated/α-hetero) is 1. The molecular weight excluding hydrogens is 466 g/mol. The molecule has 1 N–H and O–H groups in total. The van der Waals surface area contributed by atoms with Gasteiger partial charge in [0.2, 0.25) is 0 Å². The Morgan fingerprint density at radius 2 is 1.43 bits per heavy atom. The summed E-state index contributed by atoms with van der Waals surface area (Å²) < 4.78 is 16.7. The average Bonchev–Trinajstić information content (AvgIpc) is 2.92. The maximum Gasteiger partial charge on any atom is 0.336 e. The van der Waals surface area contributed by atoms with Crippen LogP contribution in [0.15, 0.2) is 71.6 Å². The minimum Gasteiger partial charge on any atom is -0.497 e. The van der Waals surface area contributed by atoms with Crippen molar-refractivity contribution < 1.29 is 23.8 Å². The standard InChI is InChI=1S/C31H35NO5/c1-19-28(31(34)37-25-7-5-4-6-8-25)29(21-11-15-24(36-3)16-12-21)30-26(32-19)17-22(18-27(30)33)20-9-13-23(35-2)14-10-20/h9-17,22,25,29-30,32H,4-8,18H2,1-3H3. The van der Waals surface area contributed by atoms with E-state index in [9.17, 15) is 9.59 Å². The molecule has 0 aromatic heterocycles. The second-order valence-electron chi connectivity index (χ2n) is 10.2. The lowest BCUT2D eigenvalue weighted by molar-refractivity contribution is -0.146. The van der Waals surface area contributed by atoms with Gasteiger partial charge in [0, 0.05) is 29.7 Å². The van der Waals surface area contributed by atoms with E-state index in [-0.39, 0.29) is 23.8 Å². The third kappa shape index (κ3) is 5.15. The molecule has 0 bridgehead atoms. The van der Waals surface area contributed by atoms with E-state index in [2.05, 4.69) is 11.4 Å². The molecule has 6 nitrogen and oxygen atoms in total. The van der Waals surface area contributed by atoms with Crippen LogP contribution in [0, 0.1) is 5.92 Å². The van der Waals surface area contributed by atoms with Crippen LogP contribution in [0.3, 0.4) is 0 Å². The van der Waals surface area contributed by atoms with Crippen molar-refractivity contribution in [2.75, 3.05) is 14.2 Å². The lowest BCUT2D eigenvalue weighted by Gasteiger charge is -2.40. The molecule has 2 aliphatic carbocycles. The summed E-state index contributed by atoms with van der Waals surface area (Å²) in [5.74, 6) is 0.377. The molecule has 5 rings (SSSR count). The van der Waals surface area contributed by atoms with Crippen LogP contribution < -0.4 is 14.8 Å². The Bertz CT molecular complexity index is 1210. The molecule has 37 heavy (non-hydrogen) atoms. The number of rotatable bonds is 6. The van der Waals surface area contributed by atoms with E-state index in [1.165, 1.54) is 6.42 Å². The van der Waals surface area contributed by atoms with Gasteiger partial charge in [-0.15, -0.1) is 0 Å². The number of carbonyl (C=O) groups is 2. The minimum atomic E-state index is -0.472. The summed E-state index contributed by atoms with van der Waals surface area (Å²) in [6.07, 6.45) is 7.61. The second kappa shape index (κ2) is 10.8. The van der Waals surface area contributed by atoms with Crippen LogP contribution in [0.1, 0.15) is 68.4 Å². The average molecular weight is 502 g/mol. The fourth-order valence-electron chi connectivity index (χ4n) is 5.98. The Hall–Kier alpha value is -3.54. The van der Waals surface area contributed by atoms with E-state index in [1.54, 1.807) is 14.2 Å². The summed E-state index contributed by atoms with van der Waals surface area (Å²) in [5.41, 5.74) is 4.11. The number of ether oxygens (including phenoxy) is 3. The number of ketones is 1. The fourth-order valence-corrected chi connectivity index (χ4v) is 5.98. The van der Waals surface area contributed by atoms with Crippen LogP contribution in [-0.4, -0.2) is 32.1 Å². The first kappa shape index (κ1) is 25.1. The van der Waals surface area contributed by atoms with Crippen molar-refractivity contribution in [1.82, 2.24) is 5.32 Å². The van der Waals surface area contributed by atoms with Gasteiger partial charge in [0.1, 0.15) is 23.4 Å². The molecule has 0 saturated heterocycles. The van der Waals surface area contributed by atoms with Gasteiger partial charge in [0.05, 0.1) is 25.7 Å². The molecule has 2 aromatic carbocycles. The molecule has 6 heteroatoms. The SMILES string of the molecule is COc1ccc(C2C=C3NC(C)=C(C(=O)OC4CCCCC4)C(c4ccc(OC)cc4)C3C(=O)C2)cc1. The Kier molecular flexibility index (Phi) is 7.36. The lowest BCUT2D eigenvalue weighted by atomic mass is 9.68. The number of hydrogen-bond acceptors (Lipinski definition) is 6. The van der Waals surface area contributed by atoms with Crippen molar-refractivity contribution in [2.45, 2.75) is 63.4 Å². The van der Waals surface area contributed by atoms with E-state index in [4.69, 9.17) is 14.2 Å². The van der Waals surface area contributed by atoms with Crippen LogP contribution >= 0.6 is 0 Å². The fraction of sp³-hybridized carbons (Fsp3) is 0.419. The predicted octanol–water partition coefficient (Wildman–Crippen LogP) is 5.80. The highest BCUT2D eigenvalue weighted by Crippen LogP contribution is 2.46. The van der Waals surface area contributed by atoms with Crippen LogP contribution in [0.5, 0.6) is 11.5 Å². The number of fused-ring (bicyclic) bond motifs is 1. The molecule has 0 amide bonds. The Labute approximate surface area is 218 Å². The van der Waals surface area contributed by atoms with Gasteiger partial charge in [0.15, 0.2) is 0 Å². The molecule has 1 saturated carbocycles. The first-order valence-electron chi connectivity index (χ1n) is 13.2. The third-order valence-electron chi connectivity index (χ3n) is 7.93. The third-order valence-corrected chi connectivity index (χ3v) is 7.93.